The third-order valence-electron chi connectivity index (χ3n) is 3.52. The molecule has 0 aliphatic heterocycles. The summed E-state index contributed by atoms with van der Waals surface area (Å²) in [6.45, 7) is 0. The van der Waals surface area contributed by atoms with E-state index in [0.717, 1.165) is 25.6 Å². The Morgan fingerprint density at radius 3 is 3.00 bits per heavy atom. The number of fused-ring (bicyclic) bond motifs is 2. The molecule has 4 aromatic rings. The lowest BCUT2D eigenvalue weighted by Gasteiger charge is -1.97. The van der Waals surface area contributed by atoms with E-state index in [9.17, 15) is 5.11 Å². The molecule has 2 aromatic carbocycles. The summed E-state index contributed by atoms with van der Waals surface area (Å²) in [5.74, 6) is -0.0701. The number of nitrogens with one attached hydrogen (secondary N) is 2. The Hall–Kier alpha value is -2.07. The molecule has 3 N–H and O–H groups in total. The van der Waals surface area contributed by atoms with E-state index >= 15 is 0 Å². The van der Waals surface area contributed by atoms with E-state index in [1.54, 1.807) is 6.07 Å². The van der Waals surface area contributed by atoms with E-state index < -0.39 is 0 Å². The molecule has 0 radical (unpaired) electrons. The van der Waals surface area contributed by atoms with Gasteiger partial charge in [-0.05, 0) is 48.6 Å². The molecule has 0 atom stereocenters. The second-order valence-electron chi connectivity index (χ2n) is 5.27. The van der Waals surface area contributed by atoms with Gasteiger partial charge in [0.25, 0.3) is 0 Å². The standard InChI is InChI=1S/C16H9BrClN5OS2/c17-7-1-3-10-9(5-7)13(14(24)19-10)22-23-15(25)21-16-20-11-4-2-8(18)6-12(11)26-16/h1-6,19,24H,(H,20,21,25). The minimum absolute atomic E-state index is 0.0701. The van der Waals surface area contributed by atoms with Crippen molar-refractivity contribution in [2.45, 2.75) is 0 Å². The molecule has 2 aromatic heterocycles. The van der Waals surface area contributed by atoms with Crippen LogP contribution in [0.25, 0.3) is 21.1 Å². The molecule has 0 bridgehead atoms. The SMILES string of the molecule is Oc1[nH]c2ccc(Br)cc2c1N=NC(=S)Nc1nc2ccc(Cl)cc2s1. The summed E-state index contributed by atoms with van der Waals surface area (Å²) in [5.41, 5.74) is 1.89. The molecule has 0 amide bonds. The Kier molecular flexibility index (Phi) is 4.62. The van der Waals surface area contributed by atoms with Gasteiger partial charge in [0.05, 0.1) is 15.7 Å². The Labute approximate surface area is 170 Å². The molecule has 0 fully saturated rings. The van der Waals surface area contributed by atoms with Gasteiger partial charge in [0.1, 0.15) is 0 Å². The van der Waals surface area contributed by atoms with Crippen LogP contribution < -0.4 is 5.32 Å². The van der Waals surface area contributed by atoms with Crippen molar-refractivity contribution in [3.05, 3.63) is 45.9 Å². The fraction of sp³-hybridized carbons (Fsp3) is 0. The number of azo groups is 1. The summed E-state index contributed by atoms with van der Waals surface area (Å²) in [7, 11) is 0. The lowest BCUT2D eigenvalue weighted by molar-refractivity contribution is 0.459. The summed E-state index contributed by atoms with van der Waals surface area (Å²) in [6, 6.07) is 11.0. The quantitative estimate of drug-likeness (QED) is 0.236. The van der Waals surface area contributed by atoms with E-state index in [1.807, 2.05) is 30.3 Å². The van der Waals surface area contributed by atoms with Crippen LogP contribution in [0.3, 0.4) is 0 Å². The number of nitrogens with zero attached hydrogens (tertiary/aromatic N) is 3. The first-order chi connectivity index (χ1) is 12.5. The smallest absolute Gasteiger partial charge is 0.220 e. The second kappa shape index (κ2) is 6.92. The van der Waals surface area contributed by atoms with E-state index in [1.165, 1.54) is 11.3 Å². The number of halogens is 2. The topological polar surface area (TPSA) is 85.7 Å². The summed E-state index contributed by atoms with van der Waals surface area (Å²) < 4.78 is 1.81. The van der Waals surface area contributed by atoms with Crippen molar-refractivity contribution in [2.75, 3.05) is 5.32 Å². The van der Waals surface area contributed by atoms with Crippen molar-refractivity contribution in [3.63, 3.8) is 0 Å². The molecule has 0 aliphatic carbocycles. The molecule has 6 nitrogen and oxygen atoms in total. The number of benzene rings is 2. The van der Waals surface area contributed by atoms with Crippen LogP contribution in [0.15, 0.2) is 51.1 Å². The van der Waals surface area contributed by atoms with Gasteiger partial charge in [0.2, 0.25) is 11.0 Å². The van der Waals surface area contributed by atoms with Gasteiger partial charge in [0.15, 0.2) is 10.8 Å². The zero-order chi connectivity index (χ0) is 18.3. The largest absolute Gasteiger partial charge is 0.493 e. The van der Waals surface area contributed by atoms with Crippen LogP contribution in [-0.4, -0.2) is 20.2 Å². The van der Waals surface area contributed by atoms with Crippen molar-refractivity contribution in [1.29, 1.82) is 0 Å². The summed E-state index contributed by atoms with van der Waals surface area (Å²) >= 11 is 16.0. The molecule has 2 heterocycles. The Bertz CT molecular complexity index is 1190. The number of hydrogen-bond donors (Lipinski definition) is 3. The molecular weight excluding hydrogens is 458 g/mol. The third kappa shape index (κ3) is 3.43. The minimum Gasteiger partial charge on any atom is -0.493 e. The summed E-state index contributed by atoms with van der Waals surface area (Å²) in [4.78, 5) is 7.26. The average molecular weight is 467 g/mol. The lowest BCUT2D eigenvalue weighted by Crippen LogP contribution is -2.04. The molecular formula is C16H9BrClN5OS2. The van der Waals surface area contributed by atoms with Crippen molar-refractivity contribution >= 4 is 88.1 Å². The van der Waals surface area contributed by atoms with E-state index in [-0.39, 0.29) is 11.0 Å². The van der Waals surface area contributed by atoms with Gasteiger partial charge in [-0.25, -0.2) is 4.98 Å². The molecule has 130 valence electrons. The fourth-order valence-corrected chi connectivity index (χ4v) is 4.10. The Morgan fingerprint density at radius 1 is 1.31 bits per heavy atom. The van der Waals surface area contributed by atoms with Gasteiger partial charge in [-0.15, -0.1) is 10.2 Å². The number of aromatic nitrogens is 2. The molecule has 0 unspecified atom stereocenters. The van der Waals surface area contributed by atoms with E-state index in [2.05, 4.69) is 41.4 Å². The maximum absolute atomic E-state index is 10.0. The first-order valence-electron chi connectivity index (χ1n) is 7.28. The maximum atomic E-state index is 10.0. The highest BCUT2D eigenvalue weighted by Crippen LogP contribution is 2.37. The van der Waals surface area contributed by atoms with E-state index in [0.29, 0.717) is 15.8 Å². The van der Waals surface area contributed by atoms with Crippen LogP contribution in [-0.2, 0) is 0 Å². The number of rotatable bonds is 2. The zero-order valence-electron chi connectivity index (χ0n) is 12.8. The minimum atomic E-state index is -0.0701. The second-order valence-corrected chi connectivity index (χ2v) is 8.04. The Morgan fingerprint density at radius 2 is 2.15 bits per heavy atom. The summed E-state index contributed by atoms with van der Waals surface area (Å²) in [6.07, 6.45) is 0. The lowest BCUT2D eigenvalue weighted by atomic mass is 10.2. The van der Waals surface area contributed by atoms with Crippen molar-refractivity contribution < 1.29 is 5.11 Å². The first kappa shape index (κ1) is 17.3. The van der Waals surface area contributed by atoms with Crippen molar-refractivity contribution in [3.8, 4) is 5.88 Å². The number of thiazole rings is 1. The highest BCUT2D eigenvalue weighted by molar-refractivity contribution is 9.10. The van der Waals surface area contributed by atoms with Gasteiger partial charge < -0.3 is 15.4 Å². The molecule has 10 heteroatoms. The van der Waals surface area contributed by atoms with Crippen LogP contribution in [0.2, 0.25) is 5.02 Å². The van der Waals surface area contributed by atoms with Gasteiger partial charge in [-0.3, -0.25) is 0 Å². The number of aromatic amines is 1. The number of aromatic hydroxyl groups is 1. The highest BCUT2D eigenvalue weighted by atomic mass is 79.9. The van der Waals surface area contributed by atoms with Crippen LogP contribution in [0.1, 0.15) is 0 Å². The fourth-order valence-electron chi connectivity index (χ4n) is 2.40. The number of H-pyrrole nitrogens is 1. The maximum Gasteiger partial charge on any atom is 0.220 e. The van der Waals surface area contributed by atoms with Gasteiger partial charge in [0, 0.05) is 14.9 Å². The Balaban J connectivity index is 1.57. The number of hydrogen-bond acceptors (Lipinski definition) is 5. The van der Waals surface area contributed by atoms with Gasteiger partial charge >= 0.3 is 0 Å². The van der Waals surface area contributed by atoms with Crippen LogP contribution in [0, 0.1) is 0 Å². The monoisotopic (exact) mass is 465 g/mol. The van der Waals surface area contributed by atoms with Crippen molar-refractivity contribution in [2.24, 2.45) is 10.2 Å². The number of thiocarbonyl (C=S) groups is 1. The molecule has 26 heavy (non-hydrogen) atoms. The van der Waals surface area contributed by atoms with Crippen LogP contribution in [0.4, 0.5) is 10.8 Å². The van der Waals surface area contributed by atoms with Gasteiger partial charge in [-0.2, -0.15) is 0 Å². The predicted octanol–water partition coefficient (Wildman–Crippen LogP) is 6.38. The predicted molar refractivity (Wildman–Crippen MR) is 113 cm³/mol. The van der Waals surface area contributed by atoms with Crippen LogP contribution in [0.5, 0.6) is 5.88 Å². The normalized spacial score (nSPS) is 11.6. The molecule has 4 rings (SSSR count). The molecule has 0 saturated heterocycles. The zero-order valence-corrected chi connectivity index (χ0v) is 16.8. The van der Waals surface area contributed by atoms with Gasteiger partial charge in [-0.1, -0.05) is 38.9 Å². The molecule has 0 spiro atoms. The van der Waals surface area contributed by atoms with Crippen molar-refractivity contribution in [1.82, 2.24) is 9.97 Å². The van der Waals surface area contributed by atoms with E-state index in [4.69, 9.17) is 23.8 Å². The number of anilines is 1. The summed E-state index contributed by atoms with van der Waals surface area (Å²) in [5, 5.41) is 23.1. The van der Waals surface area contributed by atoms with Crippen LogP contribution >= 0.6 is 51.1 Å². The molecule has 0 saturated carbocycles. The molecule has 0 aliphatic rings. The average Bonchev–Trinajstić information content (AvgIpc) is 3.12. The third-order valence-corrected chi connectivity index (χ3v) is 5.36. The highest BCUT2D eigenvalue weighted by Gasteiger charge is 2.11. The first-order valence-corrected chi connectivity index (χ1v) is 9.68.